The summed E-state index contributed by atoms with van der Waals surface area (Å²) in [6.45, 7) is 14.2. The number of hydrogen-bond donors (Lipinski definition) is 0. The Bertz CT molecular complexity index is 543. The maximum absolute atomic E-state index is 12.1. The van der Waals surface area contributed by atoms with Gasteiger partial charge in [0.25, 0.3) is 0 Å². The van der Waals surface area contributed by atoms with E-state index >= 15 is 0 Å². The molecule has 0 saturated heterocycles. The van der Waals surface area contributed by atoms with Crippen LogP contribution in [0.25, 0.3) is 0 Å². The summed E-state index contributed by atoms with van der Waals surface area (Å²) in [5.74, 6) is -0.451. The van der Waals surface area contributed by atoms with Gasteiger partial charge in [-0.05, 0) is 31.5 Å². The van der Waals surface area contributed by atoms with Crippen LogP contribution in [-0.2, 0) is 9.78 Å². The standard InChI is InChI=1S/C21H32O3Si/c1-6-10-11-12-13-18(5)23-24-21(22)19-14-16-20(17-15-19)25(7-2,8-3)9-4/h7-8,14-18H,2-3,6,9-13H2,1,4-5H3. The Morgan fingerprint density at radius 1 is 1.12 bits per heavy atom. The highest BCUT2D eigenvalue weighted by Crippen LogP contribution is 2.14. The molecule has 0 amide bonds. The highest BCUT2D eigenvalue weighted by atomic mass is 28.3. The number of carbonyl (C=O) groups excluding carboxylic acids is 1. The minimum absolute atomic E-state index is 0.0817. The summed E-state index contributed by atoms with van der Waals surface area (Å²) in [4.78, 5) is 22.3. The molecule has 0 fully saturated rings. The smallest absolute Gasteiger partial charge is 0.293 e. The molecular weight excluding hydrogens is 328 g/mol. The van der Waals surface area contributed by atoms with E-state index in [1.165, 1.54) is 24.4 Å². The van der Waals surface area contributed by atoms with Gasteiger partial charge in [0.15, 0.2) is 0 Å². The monoisotopic (exact) mass is 360 g/mol. The fourth-order valence-electron chi connectivity index (χ4n) is 2.81. The molecule has 1 aromatic carbocycles. The second-order valence-electron chi connectivity index (χ2n) is 6.51. The van der Waals surface area contributed by atoms with Crippen LogP contribution in [-0.4, -0.2) is 20.1 Å². The molecule has 0 saturated carbocycles. The van der Waals surface area contributed by atoms with Crippen LogP contribution in [0.1, 0.15) is 63.2 Å². The van der Waals surface area contributed by atoms with Crippen LogP contribution in [0, 0.1) is 0 Å². The SMILES string of the molecule is C=C[Si](C=C)(CC)c1ccc(C(=O)OOC(C)CCCCCC)cc1. The summed E-state index contributed by atoms with van der Waals surface area (Å²) in [5.41, 5.74) is 4.54. The fourth-order valence-corrected chi connectivity index (χ4v) is 5.22. The highest BCUT2D eigenvalue weighted by Gasteiger charge is 2.26. The zero-order valence-corrected chi connectivity index (χ0v) is 16.9. The molecule has 0 heterocycles. The minimum atomic E-state index is -1.87. The number of carbonyl (C=O) groups is 1. The zero-order chi connectivity index (χ0) is 18.7. The van der Waals surface area contributed by atoms with Crippen LogP contribution in [0.2, 0.25) is 6.04 Å². The molecule has 0 N–H and O–H groups in total. The van der Waals surface area contributed by atoms with E-state index in [2.05, 4.69) is 27.0 Å². The van der Waals surface area contributed by atoms with E-state index < -0.39 is 14.0 Å². The van der Waals surface area contributed by atoms with Gasteiger partial charge in [0, 0.05) is 0 Å². The van der Waals surface area contributed by atoms with Crippen molar-refractivity contribution in [3.63, 3.8) is 0 Å². The number of hydrogen-bond acceptors (Lipinski definition) is 3. The summed E-state index contributed by atoms with van der Waals surface area (Å²) in [6, 6.07) is 8.53. The van der Waals surface area contributed by atoms with Crippen molar-refractivity contribution in [3.05, 3.63) is 54.4 Å². The summed E-state index contributed by atoms with van der Waals surface area (Å²) in [7, 11) is -1.87. The first-order chi connectivity index (χ1) is 12.0. The molecule has 1 unspecified atom stereocenters. The van der Waals surface area contributed by atoms with Gasteiger partial charge in [0.1, 0.15) is 14.2 Å². The lowest BCUT2D eigenvalue weighted by Crippen LogP contribution is -2.43. The van der Waals surface area contributed by atoms with Crippen LogP contribution in [0.4, 0.5) is 0 Å². The molecule has 0 spiro atoms. The Hall–Kier alpha value is -1.65. The third-order valence-corrected chi connectivity index (χ3v) is 8.76. The molecule has 1 aromatic rings. The van der Waals surface area contributed by atoms with Crippen molar-refractivity contribution in [1.82, 2.24) is 0 Å². The van der Waals surface area contributed by atoms with Gasteiger partial charge in [0.05, 0.1) is 5.56 Å². The maximum atomic E-state index is 12.1. The van der Waals surface area contributed by atoms with Crippen molar-refractivity contribution in [3.8, 4) is 0 Å². The first-order valence-corrected chi connectivity index (χ1v) is 11.6. The predicted molar refractivity (Wildman–Crippen MR) is 107 cm³/mol. The summed E-state index contributed by atoms with van der Waals surface area (Å²) >= 11 is 0. The molecule has 0 aliphatic heterocycles. The molecular formula is C21H32O3Si. The average molecular weight is 361 g/mol. The van der Waals surface area contributed by atoms with E-state index in [9.17, 15) is 4.79 Å². The Morgan fingerprint density at radius 3 is 2.28 bits per heavy atom. The molecule has 25 heavy (non-hydrogen) atoms. The topological polar surface area (TPSA) is 35.5 Å². The predicted octanol–water partition coefficient (Wildman–Crippen LogP) is 5.26. The van der Waals surface area contributed by atoms with Gasteiger partial charge < -0.3 is 0 Å². The number of unbranched alkanes of at least 4 members (excludes halogenated alkanes) is 3. The van der Waals surface area contributed by atoms with E-state index in [-0.39, 0.29) is 6.10 Å². The van der Waals surface area contributed by atoms with Crippen molar-refractivity contribution >= 4 is 19.2 Å². The maximum Gasteiger partial charge on any atom is 0.373 e. The van der Waals surface area contributed by atoms with Crippen molar-refractivity contribution in [1.29, 1.82) is 0 Å². The number of rotatable bonds is 12. The Labute approximate surface area is 153 Å². The number of benzene rings is 1. The van der Waals surface area contributed by atoms with Gasteiger partial charge in [-0.3, -0.25) is 4.89 Å². The molecule has 0 aliphatic carbocycles. The molecule has 0 aliphatic rings. The summed E-state index contributed by atoms with van der Waals surface area (Å²) in [6.07, 6.45) is 5.54. The summed E-state index contributed by atoms with van der Waals surface area (Å²) in [5, 5.41) is 1.20. The fraction of sp³-hybridized carbons (Fsp3) is 0.476. The second-order valence-corrected chi connectivity index (χ2v) is 10.7. The molecule has 0 bridgehead atoms. The average Bonchev–Trinajstić information content (AvgIpc) is 2.65. The zero-order valence-electron chi connectivity index (χ0n) is 15.9. The van der Waals surface area contributed by atoms with Crippen LogP contribution < -0.4 is 5.19 Å². The van der Waals surface area contributed by atoms with Gasteiger partial charge in [-0.15, -0.1) is 13.2 Å². The molecule has 1 rings (SSSR count). The van der Waals surface area contributed by atoms with Gasteiger partial charge >= 0.3 is 5.97 Å². The van der Waals surface area contributed by atoms with Gasteiger partial charge in [0.2, 0.25) is 0 Å². The second kappa shape index (κ2) is 11.1. The van der Waals surface area contributed by atoms with Crippen LogP contribution >= 0.6 is 0 Å². The molecule has 3 nitrogen and oxygen atoms in total. The third kappa shape index (κ3) is 6.29. The largest absolute Gasteiger partial charge is 0.373 e. The molecule has 138 valence electrons. The van der Waals surface area contributed by atoms with Crippen molar-refractivity contribution in [2.75, 3.05) is 0 Å². The van der Waals surface area contributed by atoms with E-state index in [0.29, 0.717) is 5.56 Å². The molecule has 1 atom stereocenters. The summed E-state index contributed by atoms with van der Waals surface area (Å²) < 4.78 is 0. The minimum Gasteiger partial charge on any atom is -0.293 e. The van der Waals surface area contributed by atoms with Crippen molar-refractivity contribution < 1.29 is 14.6 Å². The van der Waals surface area contributed by atoms with E-state index in [4.69, 9.17) is 9.78 Å². The molecule has 0 radical (unpaired) electrons. The van der Waals surface area contributed by atoms with Crippen molar-refractivity contribution in [2.45, 2.75) is 65.0 Å². The lowest BCUT2D eigenvalue weighted by molar-refractivity contribution is -0.271. The van der Waals surface area contributed by atoms with E-state index in [1.54, 1.807) is 12.1 Å². The first kappa shape index (κ1) is 21.4. The van der Waals surface area contributed by atoms with Crippen LogP contribution in [0.15, 0.2) is 48.8 Å². The van der Waals surface area contributed by atoms with E-state index in [1.807, 2.05) is 30.5 Å². The highest BCUT2D eigenvalue weighted by molar-refractivity contribution is 6.99. The molecule has 0 aromatic heterocycles. The van der Waals surface area contributed by atoms with Gasteiger partial charge in [-0.2, -0.15) is 4.89 Å². The quantitative estimate of drug-likeness (QED) is 0.221. The lowest BCUT2D eigenvalue weighted by Gasteiger charge is -2.23. The van der Waals surface area contributed by atoms with E-state index in [0.717, 1.165) is 18.9 Å². The van der Waals surface area contributed by atoms with Crippen LogP contribution in [0.3, 0.4) is 0 Å². The van der Waals surface area contributed by atoms with Gasteiger partial charge in [-0.25, -0.2) is 4.79 Å². The Balaban J connectivity index is 2.57. The first-order valence-electron chi connectivity index (χ1n) is 9.28. The normalized spacial score (nSPS) is 12.4. The Kier molecular flexibility index (Phi) is 9.46. The van der Waals surface area contributed by atoms with Crippen LogP contribution in [0.5, 0.6) is 0 Å². The molecule has 4 heteroatoms. The van der Waals surface area contributed by atoms with Crippen molar-refractivity contribution in [2.24, 2.45) is 0 Å². The third-order valence-electron chi connectivity index (χ3n) is 4.72. The Morgan fingerprint density at radius 2 is 1.76 bits per heavy atom. The lowest BCUT2D eigenvalue weighted by atomic mass is 10.1. The van der Waals surface area contributed by atoms with Gasteiger partial charge in [-0.1, -0.05) is 68.2 Å².